The fraction of sp³-hybridized carbons (Fsp3) is 0.200. The molecule has 0 saturated heterocycles. The summed E-state index contributed by atoms with van der Waals surface area (Å²) >= 11 is 0. The van der Waals surface area contributed by atoms with Crippen molar-refractivity contribution in [3.05, 3.63) is 53.3 Å². The first-order valence-corrected chi connectivity index (χ1v) is 6.43. The molecule has 0 unspecified atom stereocenters. The third-order valence-corrected chi connectivity index (χ3v) is 3.07. The van der Waals surface area contributed by atoms with Gasteiger partial charge >= 0.3 is 7.12 Å². The molecule has 110 valence electrons. The van der Waals surface area contributed by atoms with Gasteiger partial charge < -0.3 is 19.5 Å². The number of hydrogen-bond donors (Lipinski definition) is 2. The zero-order chi connectivity index (χ0) is 15.4. The van der Waals surface area contributed by atoms with Gasteiger partial charge in [-0.15, -0.1) is 0 Å². The Hall–Kier alpha value is -2.05. The van der Waals surface area contributed by atoms with Crippen LogP contribution in [-0.2, 0) is 6.61 Å². The van der Waals surface area contributed by atoms with E-state index in [1.54, 1.807) is 7.11 Å². The zero-order valence-electron chi connectivity index (χ0n) is 11.8. The Morgan fingerprint density at radius 1 is 1.10 bits per heavy atom. The number of aryl methyl sites for hydroxylation is 1. The van der Waals surface area contributed by atoms with Crippen molar-refractivity contribution < 1.29 is 23.9 Å². The highest BCUT2D eigenvalue weighted by molar-refractivity contribution is 6.59. The van der Waals surface area contributed by atoms with E-state index in [2.05, 4.69) is 0 Å². The smallest absolute Gasteiger partial charge is 0.492 e. The van der Waals surface area contributed by atoms with Crippen LogP contribution in [0.1, 0.15) is 11.1 Å². The fourth-order valence-electron chi connectivity index (χ4n) is 2.02. The minimum atomic E-state index is -1.72. The average molecular weight is 290 g/mol. The molecular formula is C15H16BFO4. The third-order valence-electron chi connectivity index (χ3n) is 3.07. The van der Waals surface area contributed by atoms with Gasteiger partial charge in [-0.2, -0.15) is 0 Å². The standard InChI is InChI=1S/C15H16BFO4/c1-10-3-6-14(20-2)11(7-10)9-21-15-8-12(17)4-5-13(15)16(18)19/h3-8,18-19H,9H2,1-2H3. The van der Waals surface area contributed by atoms with Crippen LogP contribution in [0.4, 0.5) is 4.39 Å². The maximum Gasteiger partial charge on any atom is 0.492 e. The summed E-state index contributed by atoms with van der Waals surface area (Å²) in [6.45, 7) is 2.07. The van der Waals surface area contributed by atoms with Gasteiger partial charge in [0, 0.05) is 17.1 Å². The Morgan fingerprint density at radius 2 is 1.86 bits per heavy atom. The second-order valence-electron chi connectivity index (χ2n) is 4.66. The molecule has 2 rings (SSSR count). The lowest BCUT2D eigenvalue weighted by Crippen LogP contribution is -2.31. The number of rotatable bonds is 5. The van der Waals surface area contributed by atoms with Crippen molar-refractivity contribution in [1.82, 2.24) is 0 Å². The van der Waals surface area contributed by atoms with E-state index in [-0.39, 0.29) is 17.8 Å². The van der Waals surface area contributed by atoms with Crippen LogP contribution in [0.3, 0.4) is 0 Å². The summed E-state index contributed by atoms with van der Waals surface area (Å²) < 4.78 is 24.0. The number of benzene rings is 2. The molecule has 0 aliphatic rings. The Kier molecular flexibility index (Phi) is 4.83. The molecule has 2 N–H and O–H groups in total. The minimum absolute atomic E-state index is 0.0913. The second kappa shape index (κ2) is 6.60. The number of methoxy groups -OCH3 is 1. The normalized spacial score (nSPS) is 10.3. The van der Waals surface area contributed by atoms with Crippen molar-refractivity contribution in [3.63, 3.8) is 0 Å². The van der Waals surface area contributed by atoms with E-state index in [0.717, 1.165) is 23.3 Å². The summed E-state index contributed by atoms with van der Waals surface area (Å²) in [6, 6.07) is 9.18. The summed E-state index contributed by atoms with van der Waals surface area (Å²) in [5, 5.41) is 18.5. The van der Waals surface area contributed by atoms with Crippen molar-refractivity contribution >= 4 is 12.6 Å². The van der Waals surface area contributed by atoms with E-state index >= 15 is 0 Å². The molecule has 0 bridgehead atoms. The van der Waals surface area contributed by atoms with Gasteiger partial charge in [0.15, 0.2) is 0 Å². The highest BCUT2D eigenvalue weighted by atomic mass is 19.1. The number of halogens is 1. The van der Waals surface area contributed by atoms with Crippen LogP contribution in [0.25, 0.3) is 0 Å². The van der Waals surface area contributed by atoms with Gasteiger partial charge in [-0.05, 0) is 25.1 Å². The number of hydrogen-bond acceptors (Lipinski definition) is 4. The van der Waals surface area contributed by atoms with Gasteiger partial charge in [-0.25, -0.2) is 4.39 Å². The molecule has 0 fully saturated rings. The van der Waals surface area contributed by atoms with Crippen molar-refractivity contribution in [2.75, 3.05) is 7.11 Å². The molecule has 0 amide bonds. The molecule has 0 radical (unpaired) electrons. The number of ether oxygens (including phenoxy) is 2. The predicted molar refractivity (Wildman–Crippen MR) is 78.3 cm³/mol. The van der Waals surface area contributed by atoms with Crippen LogP contribution in [0.15, 0.2) is 36.4 Å². The van der Waals surface area contributed by atoms with Crippen LogP contribution in [0, 0.1) is 12.7 Å². The van der Waals surface area contributed by atoms with E-state index in [1.807, 2.05) is 25.1 Å². The summed E-state index contributed by atoms with van der Waals surface area (Å²) in [6.07, 6.45) is 0. The molecule has 0 aromatic heterocycles. The maximum absolute atomic E-state index is 13.3. The van der Waals surface area contributed by atoms with Crippen molar-refractivity contribution in [2.24, 2.45) is 0 Å². The van der Waals surface area contributed by atoms with Crippen LogP contribution < -0.4 is 14.9 Å². The first-order valence-electron chi connectivity index (χ1n) is 6.43. The van der Waals surface area contributed by atoms with Gasteiger partial charge in [-0.1, -0.05) is 17.7 Å². The highest BCUT2D eigenvalue weighted by Crippen LogP contribution is 2.22. The molecule has 6 heteroatoms. The third kappa shape index (κ3) is 3.74. The summed E-state index contributed by atoms with van der Waals surface area (Å²) in [4.78, 5) is 0. The molecule has 0 saturated carbocycles. The van der Waals surface area contributed by atoms with Crippen molar-refractivity contribution in [1.29, 1.82) is 0 Å². The fourth-order valence-corrected chi connectivity index (χ4v) is 2.02. The summed E-state index contributed by atoms with van der Waals surface area (Å²) in [5.74, 6) is 0.238. The topological polar surface area (TPSA) is 58.9 Å². The highest BCUT2D eigenvalue weighted by Gasteiger charge is 2.18. The molecule has 0 heterocycles. The molecule has 2 aromatic carbocycles. The van der Waals surface area contributed by atoms with Crippen molar-refractivity contribution in [3.8, 4) is 11.5 Å². The van der Waals surface area contributed by atoms with E-state index in [4.69, 9.17) is 9.47 Å². The van der Waals surface area contributed by atoms with Crippen molar-refractivity contribution in [2.45, 2.75) is 13.5 Å². The van der Waals surface area contributed by atoms with Gasteiger partial charge in [-0.3, -0.25) is 0 Å². The minimum Gasteiger partial charge on any atom is -0.496 e. The van der Waals surface area contributed by atoms with Crippen LogP contribution in [-0.4, -0.2) is 24.3 Å². The van der Waals surface area contributed by atoms with E-state index in [0.29, 0.717) is 5.75 Å². The van der Waals surface area contributed by atoms with Gasteiger partial charge in [0.2, 0.25) is 0 Å². The molecular weight excluding hydrogens is 274 g/mol. The monoisotopic (exact) mass is 290 g/mol. The Balaban J connectivity index is 2.24. The summed E-state index contributed by atoms with van der Waals surface area (Å²) in [5.41, 5.74) is 1.94. The van der Waals surface area contributed by atoms with E-state index in [9.17, 15) is 14.4 Å². The Morgan fingerprint density at radius 3 is 2.52 bits per heavy atom. The Labute approximate surface area is 122 Å². The van der Waals surface area contributed by atoms with Crippen LogP contribution in [0.2, 0.25) is 0 Å². The van der Waals surface area contributed by atoms with Crippen LogP contribution >= 0.6 is 0 Å². The lowest BCUT2D eigenvalue weighted by molar-refractivity contribution is 0.296. The van der Waals surface area contributed by atoms with Gasteiger partial charge in [0.1, 0.15) is 23.9 Å². The second-order valence-corrected chi connectivity index (χ2v) is 4.66. The lowest BCUT2D eigenvalue weighted by atomic mass is 9.79. The quantitative estimate of drug-likeness (QED) is 0.817. The zero-order valence-corrected chi connectivity index (χ0v) is 11.8. The van der Waals surface area contributed by atoms with Crippen LogP contribution in [0.5, 0.6) is 11.5 Å². The molecule has 0 spiro atoms. The summed E-state index contributed by atoms with van der Waals surface area (Å²) in [7, 11) is -0.167. The van der Waals surface area contributed by atoms with Gasteiger partial charge in [0.05, 0.1) is 7.11 Å². The average Bonchev–Trinajstić information content (AvgIpc) is 2.45. The van der Waals surface area contributed by atoms with Gasteiger partial charge in [0.25, 0.3) is 0 Å². The molecule has 21 heavy (non-hydrogen) atoms. The molecule has 4 nitrogen and oxygen atoms in total. The van der Waals surface area contributed by atoms with E-state index in [1.165, 1.54) is 6.07 Å². The first kappa shape index (κ1) is 15.3. The SMILES string of the molecule is COc1ccc(C)cc1COc1cc(F)ccc1B(O)O. The largest absolute Gasteiger partial charge is 0.496 e. The molecule has 2 aromatic rings. The molecule has 0 aliphatic carbocycles. The predicted octanol–water partition coefficient (Wildman–Crippen LogP) is 1.40. The lowest BCUT2D eigenvalue weighted by Gasteiger charge is -2.14. The first-order chi connectivity index (χ1) is 10.0. The maximum atomic E-state index is 13.3. The molecule has 0 aliphatic heterocycles. The Bertz CT molecular complexity index is 631. The molecule has 0 atom stereocenters. The van der Waals surface area contributed by atoms with E-state index < -0.39 is 12.9 Å².